The highest BCUT2D eigenvalue weighted by Crippen LogP contribution is 2.04. The van der Waals surface area contributed by atoms with Gasteiger partial charge in [-0.2, -0.15) is 21.4 Å². The predicted molar refractivity (Wildman–Crippen MR) is 32.3 cm³/mol. The molecule has 0 amide bonds. The van der Waals surface area contributed by atoms with Crippen LogP contribution in [-0.4, -0.2) is 21.6 Å². The molecule has 0 heterocycles. The molecular weight excluding hydrogens is 182 g/mol. The van der Waals surface area contributed by atoms with E-state index >= 15 is 0 Å². The predicted octanol–water partition coefficient (Wildman–Crippen LogP) is 0.897. The summed E-state index contributed by atoms with van der Waals surface area (Å²) >= 11 is 0. The minimum Gasteiger partial charge on any atom is -0.248 e. The van der Waals surface area contributed by atoms with Gasteiger partial charge in [-0.05, 0) is 6.42 Å². The van der Waals surface area contributed by atoms with E-state index in [4.69, 9.17) is 0 Å². The van der Waals surface area contributed by atoms with E-state index in [1.54, 1.807) is 6.92 Å². The van der Waals surface area contributed by atoms with Crippen molar-refractivity contribution in [3.8, 4) is 0 Å². The maximum Gasteiger partial charge on any atom is 0.404 e. The summed E-state index contributed by atoms with van der Waals surface area (Å²) in [5.74, 6) is 0. The lowest BCUT2D eigenvalue weighted by Crippen LogP contribution is -2.13. The van der Waals surface area contributed by atoms with Gasteiger partial charge in [-0.15, -0.1) is 0 Å². The Kier molecular flexibility index (Phi) is 4.46. The van der Waals surface area contributed by atoms with Crippen molar-refractivity contribution in [2.75, 3.05) is 6.61 Å². The Morgan fingerprint density at radius 2 is 2.00 bits per heavy atom. The van der Waals surface area contributed by atoms with E-state index in [2.05, 4.69) is 8.37 Å². The Morgan fingerprint density at radius 3 is 2.36 bits per heavy atom. The molecule has 0 aromatic heterocycles. The van der Waals surface area contributed by atoms with Crippen molar-refractivity contribution in [3.05, 3.63) is 0 Å². The number of hydrogen-bond acceptors (Lipinski definition) is 4. The maximum atomic E-state index is 11.3. The molecule has 7 heteroatoms. The SMILES string of the molecule is CCCOS(=O)(=O)OC(F)F. The fourth-order valence-corrected chi connectivity index (χ4v) is 0.907. The van der Waals surface area contributed by atoms with Gasteiger partial charge in [0.25, 0.3) is 0 Å². The third kappa shape index (κ3) is 6.14. The summed E-state index contributed by atoms with van der Waals surface area (Å²) in [6.07, 6.45) is 0.409. The van der Waals surface area contributed by atoms with E-state index in [0.717, 1.165) is 0 Å². The number of halogens is 2. The van der Waals surface area contributed by atoms with Gasteiger partial charge in [-0.3, -0.25) is 0 Å². The first-order valence-corrected chi connectivity index (χ1v) is 4.17. The first-order chi connectivity index (χ1) is 4.98. The Labute approximate surface area is 63.4 Å². The molecule has 0 radical (unpaired) electrons. The molecule has 0 aliphatic carbocycles. The summed E-state index contributed by atoms with van der Waals surface area (Å²) in [7, 11) is -4.49. The highest BCUT2D eigenvalue weighted by molar-refractivity contribution is 7.81. The van der Waals surface area contributed by atoms with Gasteiger partial charge in [0, 0.05) is 0 Å². The molecule has 0 aromatic carbocycles. The summed E-state index contributed by atoms with van der Waals surface area (Å²) in [5.41, 5.74) is 0. The zero-order valence-corrected chi connectivity index (χ0v) is 6.61. The van der Waals surface area contributed by atoms with E-state index in [1.807, 2.05) is 0 Å². The summed E-state index contributed by atoms with van der Waals surface area (Å²) in [6.45, 7) is -1.88. The standard InChI is InChI=1S/C4H8F2O4S/c1-2-3-9-11(7,8)10-4(5)6/h4H,2-3H2,1H3. The topological polar surface area (TPSA) is 52.6 Å². The zero-order valence-electron chi connectivity index (χ0n) is 5.79. The average molecular weight is 190 g/mol. The van der Waals surface area contributed by atoms with Crippen LogP contribution in [0.25, 0.3) is 0 Å². The van der Waals surface area contributed by atoms with E-state index in [-0.39, 0.29) is 6.61 Å². The lowest BCUT2D eigenvalue weighted by Gasteiger charge is -2.02. The molecule has 0 fully saturated rings. The number of hydrogen-bond donors (Lipinski definition) is 0. The van der Waals surface area contributed by atoms with Crippen molar-refractivity contribution in [1.82, 2.24) is 0 Å². The second kappa shape index (κ2) is 4.58. The Balaban J connectivity index is 3.82. The van der Waals surface area contributed by atoms with Crippen molar-refractivity contribution in [2.45, 2.75) is 20.0 Å². The van der Waals surface area contributed by atoms with Gasteiger partial charge >= 0.3 is 17.0 Å². The molecular formula is C4H8F2O4S. The smallest absolute Gasteiger partial charge is 0.248 e. The van der Waals surface area contributed by atoms with Crippen LogP contribution < -0.4 is 0 Å². The third-order valence-electron chi connectivity index (χ3n) is 0.622. The van der Waals surface area contributed by atoms with Crippen LogP contribution in [0.4, 0.5) is 8.78 Å². The quantitative estimate of drug-likeness (QED) is 0.646. The Hall–Kier alpha value is -0.270. The number of alkyl halides is 2. The monoisotopic (exact) mass is 190 g/mol. The van der Waals surface area contributed by atoms with Crippen LogP contribution in [0.1, 0.15) is 13.3 Å². The molecule has 0 saturated carbocycles. The van der Waals surface area contributed by atoms with Crippen molar-refractivity contribution >= 4 is 10.4 Å². The molecule has 0 bridgehead atoms. The first kappa shape index (κ1) is 10.7. The largest absolute Gasteiger partial charge is 0.404 e. The molecule has 0 aliphatic heterocycles. The molecule has 0 spiro atoms. The lowest BCUT2D eigenvalue weighted by atomic mass is 10.5. The van der Waals surface area contributed by atoms with Gasteiger partial charge in [-0.1, -0.05) is 6.92 Å². The van der Waals surface area contributed by atoms with Crippen LogP contribution in [0.2, 0.25) is 0 Å². The van der Waals surface area contributed by atoms with E-state index in [9.17, 15) is 17.2 Å². The van der Waals surface area contributed by atoms with Gasteiger partial charge in [0.2, 0.25) is 0 Å². The van der Waals surface area contributed by atoms with Crippen molar-refractivity contribution in [3.63, 3.8) is 0 Å². The van der Waals surface area contributed by atoms with Gasteiger partial charge in [0.05, 0.1) is 6.61 Å². The Bertz CT molecular complexity index is 188. The molecule has 4 nitrogen and oxygen atoms in total. The highest BCUT2D eigenvalue weighted by Gasteiger charge is 2.17. The molecule has 68 valence electrons. The van der Waals surface area contributed by atoms with Crippen molar-refractivity contribution in [1.29, 1.82) is 0 Å². The van der Waals surface area contributed by atoms with Gasteiger partial charge < -0.3 is 0 Å². The number of rotatable bonds is 5. The second-order valence-electron chi connectivity index (χ2n) is 1.59. The van der Waals surface area contributed by atoms with Crippen molar-refractivity contribution in [2.24, 2.45) is 0 Å². The van der Waals surface area contributed by atoms with Crippen LogP contribution in [-0.2, 0) is 18.8 Å². The van der Waals surface area contributed by atoms with Crippen LogP contribution in [0, 0.1) is 0 Å². The average Bonchev–Trinajstić information content (AvgIpc) is 1.81. The van der Waals surface area contributed by atoms with Gasteiger partial charge in [-0.25, -0.2) is 4.18 Å². The molecule has 11 heavy (non-hydrogen) atoms. The van der Waals surface area contributed by atoms with E-state index < -0.39 is 17.0 Å². The van der Waals surface area contributed by atoms with Crippen LogP contribution in [0.3, 0.4) is 0 Å². The van der Waals surface area contributed by atoms with Crippen LogP contribution >= 0.6 is 0 Å². The van der Waals surface area contributed by atoms with Crippen LogP contribution in [0.15, 0.2) is 0 Å². The molecule has 0 aromatic rings. The van der Waals surface area contributed by atoms with Crippen LogP contribution in [0.5, 0.6) is 0 Å². The minimum atomic E-state index is -4.49. The van der Waals surface area contributed by atoms with E-state index in [0.29, 0.717) is 6.42 Å². The second-order valence-corrected chi connectivity index (χ2v) is 2.83. The van der Waals surface area contributed by atoms with Gasteiger partial charge in [0.15, 0.2) is 0 Å². The normalized spacial score (nSPS) is 12.4. The molecule has 0 saturated heterocycles. The molecule has 0 aliphatic rings. The molecule has 0 unspecified atom stereocenters. The fraction of sp³-hybridized carbons (Fsp3) is 1.00. The minimum absolute atomic E-state index is 0.158. The molecule has 0 N–H and O–H groups in total. The fourth-order valence-electron chi connectivity index (χ4n) is 0.302. The van der Waals surface area contributed by atoms with Crippen molar-refractivity contribution < 1.29 is 25.6 Å². The summed E-state index contributed by atoms with van der Waals surface area (Å²) in [6, 6.07) is 0. The maximum absolute atomic E-state index is 11.3. The summed E-state index contributed by atoms with van der Waals surface area (Å²) in [4.78, 5) is 0. The van der Waals surface area contributed by atoms with E-state index in [1.165, 1.54) is 0 Å². The third-order valence-corrected chi connectivity index (χ3v) is 1.46. The van der Waals surface area contributed by atoms with Gasteiger partial charge in [0.1, 0.15) is 0 Å². The lowest BCUT2D eigenvalue weighted by molar-refractivity contribution is -0.0547. The molecule has 0 atom stereocenters. The zero-order chi connectivity index (χ0) is 8.91. The Morgan fingerprint density at radius 1 is 1.45 bits per heavy atom. The summed E-state index contributed by atoms with van der Waals surface area (Å²) < 4.78 is 50.2. The summed E-state index contributed by atoms with van der Waals surface area (Å²) in [5, 5.41) is 0. The molecule has 0 rings (SSSR count). The first-order valence-electron chi connectivity index (χ1n) is 2.83. The highest BCUT2D eigenvalue weighted by atomic mass is 32.3.